The lowest BCUT2D eigenvalue weighted by atomic mass is 10.2. The predicted octanol–water partition coefficient (Wildman–Crippen LogP) is 0.0979. The number of anilines is 2. The van der Waals surface area contributed by atoms with Gasteiger partial charge in [-0.1, -0.05) is 0 Å². The van der Waals surface area contributed by atoms with Crippen LogP contribution in [0.4, 0.5) is 11.4 Å². The van der Waals surface area contributed by atoms with Crippen molar-refractivity contribution in [3.8, 4) is 0 Å². The Morgan fingerprint density at radius 2 is 1.93 bits per heavy atom. The number of nitrogens with zero attached hydrogens (tertiary/aromatic N) is 2. The van der Waals surface area contributed by atoms with Crippen molar-refractivity contribution in [3.63, 3.8) is 0 Å². The summed E-state index contributed by atoms with van der Waals surface area (Å²) in [5.41, 5.74) is 12.5. The lowest BCUT2D eigenvalue weighted by molar-refractivity contribution is 0.843. The molecule has 1 aromatic carbocycles. The van der Waals surface area contributed by atoms with Gasteiger partial charge in [0.05, 0.1) is 28.6 Å². The summed E-state index contributed by atoms with van der Waals surface area (Å²) in [5.74, 6) is 0. The first-order chi connectivity index (χ1) is 6.59. The second-order valence-electron chi connectivity index (χ2n) is 3.16. The van der Waals surface area contributed by atoms with Crippen LogP contribution in [-0.2, 0) is 7.05 Å². The third kappa shape index (κ3) is 1.10. The zero-order valence-corrected chi connectivity index (χ0v) is 7.69. The lowest BCUT2D eigenvalue weighted by Crippen LogP contribution is -2.17. The van der Waals surface area contributed by atoms with E-state index in [1.54, 1.807) is 19.2 Å². The summed E-state index contributed by atoms with van der Waals surface area (Å²) in [4.78, 5) is 15.7. The average Bonchev–Trinajstić information content (AvgIpc) is 2.15. The molecule has 0 saturated carbocycles. The van der Waals surface area contributed by atoms with Gasteiger partial charge in [-0.2, -0.15) is 0 Å². The first-order valence-electron chi connectivity index (χ1n) is 4.10. The van der Waals surface area contributed by atoms with Crippen molar-refractivity contribution in [2.24, 2.45) is 7.05 Å². The first kappa shape index (κ1) is 8.55. The van der Waals surface area contributed by atoms with Gasteiger partial charge in [0.1, 0.15) is 0 Å². The minimum atomic E-state index is -0.123. The van der Waals surface area contributed by atoms with Crippen LogP contribution < -0.4 is 17.0 Å². The maximum absolute atomic E-state index is 11.6. The zero-order valence-electron chi connectivity index (χ0n) is 7.69. The van der Waals surface area contributed by atoms with Crippen LogP contribution in [0.2, 0.25) is 0 Å². The second kappa shape index (κ2) is 2.73. The fourth-order valence-electron chi connectivity index (χ4n) is 1.29. The summed E-state index contributed by atoms with van der Waals surface area (Å²) in [6, 6.07) is 3.16. The smallest absolute Gasteiger partial charge is 0.260 e. The van der Waals surface area contributed by atoms with Gasteiger partial charge in [0.25, 0.3) is 5.56 Å². The van der Waals surface area contributed by atoms with Crippen molar-refractivity contribution in [1.82, 2.24) is 9.55 Å². The summed E-state index contributed by atoms with van der Waals surface area (Å²) < 4.78 is 1.40. The van der Waals surface area contributed by atoms with Crippen LogP contribution in [0, 0.1) is 0 Å². The molecule has 0 atom stereocenters. The summed E-state index contributed by atoms with van der Waals surface area (Å²) >= 11 is 0. The van der Waals surface area contributed by atoms with E-state index in [0.717, 1.165) is 0 Å². The molecule has 0 radical (unpaired) electrons. The Hall–Kier alpha value is -2.04. The van der Waals surface area contributed by atoms with Crippen molar-refractivity contribution in [1.29, 1.82) is 0 Å². The van der Waals surface area contributed by atoms with Gasteiger partial charge in [-0.05, 0) is 12.1 Å². The standard InChI is InChI=1S/C9H10N4O/c1-13-4-12-8-3-7(11)6(10)2-5(8)9(13)14/h2-4H,10-11H2,1H3. The molecule has 0 fully saturated rings. The molecule has 4 N–H and O–H groups in total. The van der Waals surface area contributed by atoms with Crippen LogP contribution in [0.5, 0.6) is 0 Å². The Kier molecular flexibility index (Phi) is 1.67. The third-order valence-corrected chi connectivity index (χ3v) is 2.12. The Morgan fingerprint density at radius 3 is 2.64 bits per heavy atom. The first-order valence-corrected chi connectivity index (χ1v) is 4.10. The molecule has 0 unspecified atom stereocenters. The van der Waals surface area contributed by atoms with E-state index in [2.05, 4.69) is 4.98 Å². The molecule has 0 amide bonds. The van der Waals surface area contributed by atoms with E-state index in [4.69, 9.17) is 11.5 Å². The van der Waals surface area contributed by atoms with Crippen LogP contribution in [0.25, 0.3) is 10.9 Å². The maximum atomic E-state index is 11.6. The molecule has 72 valence electrons. The SMILES string of the molecule is Cn1cnc2cc(N)c(N)cc2c1=O. The van der Waals surface area contributed by atoms with E-state index < -0.39 is 0 Å². The topological polar surface area (TPSA) is 86.9 Å². The number of nitrogens with two attached hydrogens (primary N) is 2. The lowest BCUT2D eigenvalue weighted by Gasteiger charge is -2.03. The third-order valence-electron chi connectivity index (χ3n) is 2.12. The molecule has 5 nitrogen and oxygen atoms in total. The van der Waals surface area contributed by atoms with E-state index in [0.29, 0.717) is 22.3 Å². The van der Waals surface area contributed by atoms with Gasteiger partial charge >= 0.3 is 0 Å². The predicted molar refractivity (Wildman–Crippen MR) is 55.8 cm³/mol. The van der Waals surface area contributed by atoms with Crippen LogP contribution in [0.3, 0.4) is 0 Å². The van der Waals surface area contributed by atoms with Crippen LogP contribution in [-0.4, -0.2) is 9.55 Å². The highest BCUT2D eigenvalue weighted by atomic mass is 16.1. The molecular weight excluding hydrogens is 180 g/mol. The van der Waals surface area contributed by atoms with Crippen LogP contribution in [0.15, 0.2) is 23.3 Å². The number of hydrogen-bond acceptors (Lipinski definition) is 4. The minimum absolute atomic E-state index is 0.123. The van der Waals surface area contributed by atoms with E-state index in [1.165, 1.54) is 10.9 Å². The molecule has 0 spiro atoms. The van der Waals surface area contributed by atoms with Crippen molar-refractivity contribution in [2.45, 2.75) is 0 Å². The van der Waals surface area contributed by atoms with E-state index in [1.807, 2.05) is 0 Å². The molecule has 0 aliphatic rings. The molecular formula is C9H10N4O. The Bertz CT molecular complexity index is 558. The largest absolute Gasteiger partial charge is 0.397 e. The fraction of sp³-hybridized carbons (Fsp3) is 0.111. The molecule has 1 aromatic heterocycles. The number of aryl methyl sites for hydroxylation is 1. The molecule has 0 aliphatic heterocycles. The van der Waals surface area contributed by atoms with Gasteiger partial charge in [0, 0.05) is 7.05 Å². The minimum Gasteiger partial charge on any atom is -0.397 e. The van der Waals surface area contributed by atoms with Gasteiger partial charge in [-0.3, -0.25) is 4.79 Å². The Morgan fingerprint density at radius 1 is 1.29 bits per heavy atom. The number of fused-ring (bicyclic) bond motifs is 1. The van der Waals surface area contributed by atoms with Gasteiger partial charge < -0.3 is 16.0 Å². The molecule has 1 heterocycles. The zero-order chi connectivity index (χ0) is 10.3. The number of benzene rings is 1. The molecule has 2 rings (SSSR count). The highest BCUT2D eigenvalue weighted by Gasteiger charge is 2.04. The number of aromatic nitrogens is 2. The van der Waals surface area contributed by atoms with Crippen molar-refractivity contribution in [2.75, 3.05) is 11.5 Å². The number of nitrogen functional groups attached to an aromatic ring is 2. The molecule has 0 aliphatic carbocycles. The highest BCUT2D eigenvalue weighted by Crippen LogP contribution is 2.19. The summed E-state index contributed by atoms with van der Waals surface area (Å²) in [6.45, 7) is 0. The van der Waals surface area contributed by atoms with Gasteiger partial charge in [-0.25, -0.2) is 4.98 Å². The van der Waals surface area contributed by atoms with E-state index >= 15 is 0 Å². The summed E-state index contributed by atoms with van der Waals surface area (Å²) in [6.07, 6.45) is 1.46. The van der Waals surface area contributed by atoms with E-state index in [9.17, 15) is 4.79 Å². The molecule has 14 heavy (non-hydrogen) atoms. The molecule has 2 aromatic rings. The Labute approximate surface area is 80.0 Å². The van der Waals surface area contributed by atoms with Crippen molar-refractivity contribution in [3.05, 3.63) is 28.8 Å². The normalized spacial score (nSPS) is 10.6. The number of rotatable bonds is 0. The molecule has 0 bridgehead atoms. The van der Waals surface area contributed by atoms with Gasteiger partial charge in [0.2, 0.25) is 0 Å². The van der Waals surface area contributed by atoms with Crippen molar-refractivity contribution >= 4 is 22.3 Å². The van der Waals surface area contributed by atoms with E-state index in [-0.39, 0.29) is 5.56 Å². The molecule has 5 heteroatoms. The average molecular weight is 190 g/mol. The number of hydrogen-bond donors (Lipinski definition) is 2. The van der Waals surface area contributed by atoms with Gasteiger partial charge in [0.15, 0.2) is 0 Å². The van der Waals surface area contributed by atoms with Crippen LogP contribution >= 0.6 is 0 Å². The second-order valence-corrected chi connectivity index (χ2v) is 3.16. The van der Waals surface area contributed by atoms with Crippen LogP contribution in [0.1, 0.15) is 0 Å². The summed E-state index contributed by atoms with van der Waals surface area (Å²) in [7, 11) is 1.64. The summed E-state index contributed by atoms with van der Waals surface area (Å²) in [5, 5.41) is 0.488. The Balaban J connectivity index is 2.97. The highest BCUT2D eigenvalue weighted by molar-refractivity contribution is 5.87. The molecule has 0 saturated heterocycles. The van der Waals surface area contributed by atoms with Gasteiger partial charge in [-0.15, -0.1) is 0 Å². The quantitative estimate of drug-likeness (QED) is 0.577. The maximum Gasteiger partial charge on any atom is 0.260 e. The fourth-order valence-corrected chi connectivity index (χ4v) is 1.29. The monoisotopic (exact) mass is 190 g/mol. The van der Waals surface area contributed by atoms with Crippen molar-refractivity contribution < 1.29 is 0 Å².